The van der Waals surface area contributed by atoms with Crippen molar-refractivity contribution in [3.63, 3.8) is 0 Å². The molecule has 0 heterocycles. The summed E-state index contributed by atoms with van der Waals surface area (Å²) >= 11 is 0. The molecule has 1 rings (SSSR count). The van der Waals surface area contributed by atoms with Crippen LogP contribution in [0.4, 0.5) is 0 Å². The Morgan fingerprint density at radius 2 is 1.80 bits per heavy atom. The van der Waals surface area contributed by atoms with Gasteiger partial charge in [-0.05, 0) is 31.6 Å². The molecule has 1 aliphatic rings. The Kier molecular flexibility index (Phi) is 4.58. The van der Waals surface area contributed by atoms with Gasteiger partial charge in [0.05, 0.1) is 6.04 Å². The van der Waals surface area contributed by atoms with E-state index in [1.54, 1.807) is 0 Å². The van der Waals surface area contributed by atoms with Gasteiger partial charge in [0.1, 0.15) is 0 Å². The summed E-state index contributed by atoms with van der Waals surface area (Å²) in [6, 6.07) is -0.0846. The lowest BCUT2D eigenvalue weighted by molar-refractivity contribution is -0.124. The summed E-state index contributed by atoms with van der Waals surface area (Å²) in [6.45, 7) is 6.05. The molecule has 0 spiro atoms. The Morgan fingerprint density at radius 3 is 2.27 bits per heavy atom. The van der Waals surface area contributed by atoms with Gasteiger partial charge in [0.25, 0.3) is 0 Å². The normalized spacial score (nSPS) is 21.7. The van der Waals surface area contributed by atoms with Crippen molar-refractivity contribution in [3.05, 3.63) is 0 Å². The molecule has 1 aliphatic carbocycles. The summed E-state index contributed by atoms with van der Waals surface area (Å²) in [4.78, 5) is 11.7. The molecule has 1 saturated carbocycles. The Hall–Kier alpha value is -0.570. The zero-order valence-electron chi connectivity index (χ0n) is 10.1. The first kappa shape index (κ1) is 12.5. The number of carbonyl (C=O) groups excluding carboxylic acids is 1. The van der Waals surface area contributed by atoms with E-state index in [1.807, 2.05) is 13.8 Å². The third-order valence-corrected chi connectivity index (χ3v) is 3.50. The Bertz CT molecular complexity index is 210. The minimum Gasteiger partial charge on any atom is -0.352 e. The molecule has 0 aliphatic heterocycles. The van der Waals surface area contributed by atoms with Crippen molar-refractivity contribution in [1.82, 2.24) is 5.32 Å². The standard InChI is InChI=1S/C12H24N2O/c1-8(2)11(13)12(15)14-9(3)10-6-4-5-7-10/h8-11H,4-7,13H2,1-3H3,(H,14,15). The third-order valence-electron chi connectivity index (χ3n) is 3.50. The van der Waals surface area contributed by atoms with Crippen LogP contribution < -0.4 is 11.1 Å². The summed E-state index contributed by atoms with van der Waals surface area (Å²) in [5, 5.41) is 3.04. The average molecular weight is 212 g/mol. The second kappa shape index (κ2) is 5.50. The van der Waals surface area contributed by atoms with Gasteiger partial charge in [-0.15, -0.1) is 0 Å². The maximum atomic E-state index is 11.7. The van der Waals surface area contributed by atoms with E-state index in [2.05, 4.69) is 12.2 Å². The highest BCUT2D eigenvalue weighted by atomic mass is 16.2. The zero-order chi connectivity index (χ0) is 11.4. The molecule has 3 heteroatoms. The molecule has 88 valence electrons. The van der Waals surface area contributed by atoms with Gasteiger partial charge in [0.2, 0.25) is 5.91 Å². The highest BCUT2D eigenvalue weighted by molar-refractivity contribution is 5.81. The minimum atomic E-state index is -0.367. The van der Waals surface area contributed by atoms with E-state index in [1.165, 1.54) is 25.7 Å². The van der Waals surface area contributed by atoms with E-state index in [-0.39, 0.29) is 23.9 Å². The molecule has 0 aromatic carbocycles. The summed E-state index contributed by atoms with van der Waals surface area (Å²) in [5.74, 6) is 0.874. The lowest BCUT2D eigenvalue weighted by Gasteiger charge is -2.23. The van der Waals surface area contributed by atoms with Crippen molar-refractivity contribution in [2.24, 2.45) is 17.6 Å². The van der Waals surface area contributed by atoms with E-state index < -0.39 is 0 Å². The van der Waals surface area contributed by atoms with E-state index in [0.29, 0.717) is 5.92 Å². The lowest BCUT2D eigenvalue weighted by atomic mass is 9.98. The van der Waals surface area contributed by atoms with Gasteiger partial charge in [0.15, 0.2) is 0 Å². The maximum Gasteiger partial charge on any atom is 0.237 e. The predicted octanol–water partition coefficient (Wildman–Crippen LogP) is 1.66. The van der Waals surface area contributed by atoms with Crippen LogP contribution in [0, 0.1) is 11.8 Å². The highest BCUT2D eigenvalue weighted by Crippen LogP contribution is 2.27. The molecule has 2 atom stereocenters. The molecule has 1 amide bonds. The molecule has 15 heavy (non-hydrogen) atoms. The van der Waals surface area contributed by atoms with E-state index in [4.69, 9.17) is 5.73 Å². The van der Waals surface area contributed by atoms with Crippen LogP contribution in [0.15, 0.2) is 0 Å². The van der Waals surface area contributed by atoms with Gasteiger partial charge < -0.3 is 11.1 Å². The van der Waals surface area contributed by atoms with Crippen molar-refractivity contribution in [1.29, 1.82) is 0 Å². The molecule has 0 saturated heterocycles. The van der Waals surface area contributed by atoms with Crippen LogP contribution in [0.1, 0.15) is 46.5 Å². The third kappa shape index (κ3) is 3.49. The number of carbonyl (C=O) groups is 1. The van der Waals surface area contributed by atoms with Gasteiger partial charge in [-0.25, -0.2) is 0 Å². The number of amides is 1. The molecule has 0 aromatic heterocycles. The predicted molar refractivity (Wildman–Crippen MR) is 62.4 cm³/mol. The Labute approximate surface area is 92.8 Å². The molecule has 3 nitrogen and oxygen atoms in total. The number of hydrogen-bond acceptors (Lipinski definition) is 2. The first-order valence-corrected chi connectivity index (χ1v) is 6.08. The van der Waals surface area contributed by atoms with Crippen molar-refractivity contribution in [3.8, 4) is 0 Å². The monoisotopic (exact) mass is 212 g/mol. The van der Waals surface area contributed by atoms with Crippen molar-refractivity contribution < 1.29 is 4.79 Å². The molecular formula is C12H24N2O. The Morgan fingerprint density at radius 1 is 1.27 bits per heavy atom. The largest absolute Gasteiger partial charge is 0.352 e. The summed E-state index contributed by atoms with van der Waals surface area (Å²) in [6.07, 6.45) is 5.11. The quantitative estimate of drug-likeness (QED) is 0.744. The summed E-state index contributed by atoms with van der Waals surface area (Å²) in [5.41, 5.74) is 5.79. The average Bonchev–Trinajstić information content (AvgIpc) is 2.68. The number of nitrogens with one attached hydrogen (secondary N) is 1. The molecule has 1 fully saturated rings. The summed E-state index contributed by atoms with van der Waals surface area (Å²) in [7, 11) is 0. The topological polar surface area (TPSA) is 55.1 Å². The van der Waals surface area contributed by atoms with Crippen molar-refractivity contribution >= 4 is 5.91 Å². The van der Waals surface area contributed by atoms with Crippen LogP contribution in [0.25, 0.3) is 0 Å². The molecule has 0 bridgehead atoms. The second-order valence-corrected chi connectivity index (χ2v) is 5.11. The fourth-order valence-electron chi connectivity index (χ4n) is 2.20. The van der Waals surface area contributed by atoms with Crippen LogP contribution in [0.5, 0.6) is 0 Å². The van der Waals surface area contributed by atoms with Crippen molar-refractivity contribution in [2.45, 2.75) is 58.5 Å². The van der Waals surface area contributed by atoms with Gasteiger partial charge in [-0.1, -0.05) is 26.7 Å². The van der Waals surface area contributed by atoms with Crippen LogP contribution >= 0.6 is 0 Å². The number of rotatable bonds is 4. The fourth-order valence-corrected chi connectivity index (χ4v) is 2.20. The Balaban J connectivity index is 2.36. The van der Waals surface area contributed by atoms with Crippen LogP contribution in [-0.2, 0) is 4.79 Å². The first-order valence-electron chi connectivity index (χ1n) is 6.08. The van der Waals surface area contributed by atoms with Crippen LogP contribution in [-0.4, -0.2) is 18.0 Å². The molecule has 2 unspecified atom stereocenters. The minimum absolute atomic E-state index is 0.00407. The van der Waals surface area contributed by atoms with Gasteiger partial charge in [-0.3, -0.25) is 4.79 Å². The number of nitrogens with two attached hydrogens (primary N) is 1. The van der Waals surface area contributed by atoms with Crippen LogP contribution in [0.2, 0.25) is 0 Å². The van der Waals surface area contributed by atoms with Gasteiger partial charge >= 0.3 is 0 Å². The summed E-state index contributed by atoms with van der Waals surface area (Å²) < 4.78 is 0. The molecule has 0 aromatic rings. The highest BCUT2D eigenvalue weighted by Gasteiger charge is 2.25. The first-order chi connectivity index (χ1) is 7.02. The second-order valence-electron chi connectivity index (χ2n) is 5.11. The molecular weight excluding hydrogens is 188 g/mol. The van der Waals surface area contributed by atoms with Gasteiger partial charge in [0, 0.05) is 6.04 Å². The van der Waals surface area contributed by atoms with E-state index >= 15 is 0 Å². The molecule has 3 N–H and O–H groups in total. The van der Waals surface area contributed by atoms with E-state index in [9.17, 15) is 4.79 Å². The van der Waals surface area contributed by atoms with E-state index in [0.717, 1.165) is 0 Å². The van der Waals surface area contributed by atoms with Crippen LogP contribution in [0.3, 0.4) is 0 Å². The lowest BCUT2D eigenvalue weighted by Crippen LogP contribution is -2.48. The zero-order valence-corrected chi connectivity index (χ0v) is 10.1. The SMILES string of the molecule is CC(C)C(N)C(=O)NC(C)C1CCCC1. The van der Waals surface area contributed by atoms with Gasteiger partial charge in [-0.2, -0.15) is 0 Å². The van der Waals surface area contributed by atoms with Crippen molar-refractivity contribution in [2.75, 3.05) is 0 Å². The smallest absolute Gasteiger partial charge is 0.237 e. The maximum absolute atomic E-state index is 11.7. The fraction of sp³-hybridized carbons (Fsp3) is 0.917. The molecule has 0 radical (unpaired) electrons. The number of hydrogen-bond donors (Lipinski definition) is 2.